The average Bonchev–Trinajstić information content (AvgIpc) is 2.74. The fourth-order valence-corrected chi connectivity index (χ4v) is 3.67. The fraction of sp³-hybridized carbons (Fsp3) is 0.571. The summed E-state index contributed by atoms with van der Waals surface area (Å²) in [4.78, 5) is 0. The van der Waals surface area contributed by atoms with Gasteiger partial charge in [-0.2, -0.15) is 11.8 Å². The van der Waals surface area contributed by atoms with E-state index in [2.05, 4.69) is 24.4 Å². The molecule has 2 rings (SSSR count). The summed E-state index contributed by atoms with van der Waals surface area (Å²) < 4.78 is 5.31. The quantitative estimate of drug-likeness (QED) is 0.827. The lowest BCUT2D eigenvalue weighted by atomic mass is 10.1. The lowest BCUT2D eigenvalue weighted by molar-refractivity contribution is 0.322. The van der Waals surface area contributed by atoms with Gasteiger partial charge in [0.15, 0.2) is 0 Å². The molecular formula is C14H21NO2S. The van der Waals surface area contributed by atoms with Gasteiger partial charge in [0.1, 0.15) is 5.75 Å². The Labute approximate surface area is 113 Å². The maximum atomic E-state index is 8.98. The number of aliphatic hydroxyl groups is 1. The first-order valence-corrected chi connectivity index (χ1v) is 7.47. The maximum absolute atomic E-state index is 8.98. The summed E-state index contributed by atoms with van der Waals surface area (Å²) in [6.45, 7) is 3.34. The van der Waals surface area contributed by atoms with E-state index in [9.17, 15) is 0 Å². The molecule has 1 aliphatic carbocycles. The lowest BCUT2D eigenvalue weighted by Gasteiger charge is -2.20. The number of fused-ring (bicyclic) bond motifs is 1. The Morgan fingerprint density at radius 1 is 1.50 bits per heavy atom. The van der Waals surface area contributed by atoms with E-state index in [0.29, 0.717) is 11.3 Å². The van der Waals surface area contributed by atoms with Crippen LogP contribution < -0.4 is 10.1 Å². The molecule has 18 heavy (non-hydrogen) atoms. The van der Waals surface area contributed by atoms with Crippen LogP contribution in [0.1, 0.15) is 24.1 Å². The van der Waals surface area contributed by atoms with Crippen molar-refractivity contribution in [3.63, 3.8) is 0 Å². The van der Waals surface area contributed by atoms with Gasteiger partial charge in [-0.05, 0) is 36.2 Å². The van der Waals surface area contributed by atoms with Crippen LogP contribution in [0, 0.1) is 0 Å². The second kappa shape index (κ2) is 6.45. The zero-order valence-corrected chi connectivity index (χ0v) is 11.8. The molecule has 0 amide bonds. The molecule has 2 unspecified atom stereocenters. The first-order valence-electron chi connectivity index (χ1n) is 6.42. The molecule has 4 heteroatoms. The minimum atomic E-state index is 0.250. The van der Waals surface area contributed by atoms with Gasteiger partial charge < -0.3 is 15.2 Å². The van der Waals surface area contributed by atoms with Gasteiger partial charge in [-0.3, -0.25) is 0 Å². The highest BCUT2D eigenvalue weighted by Crippen LogP contribution is 2.39. The van der Waals surface area contributed by atoms with E-state index in [1.54, 1.807) is 7.11 Å². The Balaban J connectivity index is 2.20. The van der Waals surface area contributed by atoms with E-state index in [1.165, 1.54) is 11.1 Å². The molecule has 0 aliphatic heterocycles. The van der Waals surface area contributed by atoms with Gasteiger partial charge in [-0.25, -0.2) is 0 Å². The number of aliphatic hydroxyl groups excluding tert-OH is 1. The smallest absolute Gasteiger partial charge is 0.119 e. The molecule has 0 bridgehead atoms. The zero-order chi connectivity index (χ0) is 13.0. The maximum Gasteiger partial charge on any atom is 0.119 e. The standard InChI is InChI=1S/C14H21NO2S/c1-3-15-14-12-9-11(17-2)5-4-10(12)8-13(14)18-7-6-16/h4-5,9,13-16H,3,6-8H2,1-2H3. The van der Waals surface area contributed by atoms with Gasteiger partial charge in [0.05, 0.1) is 13.7 Å². The highest BCUT2D eigenvalue weighted by atomic mass is 32.2. The molecule has 0 aromatic heterocycles. The molecular weight excluding hydrogens is 246 g/mol. The summed E-state index contributed by atoms with van der Waals surface area (Å²) >= 11 is 1.85. The summed E-state index contributed by atoms with van der Waals surface area (Å²) in [5.41, 5.74) is 2.75. The third-order valence-corrected chi connectivity index (χ3v) is 4.61. The molecule has 0 saturated carbocycles. The van der Waals surface area contributed by atoms with Gasteiger partial charge in [0, 0.05) is 17.0 Å². The lowest BCUT2D eigenvalue weighted by Crippen LogP contribution is -2.27. The number of benzene rings is 1. The van der Waals surface area contributed by atoms with Crippen LogP contribution in [0.25, 0.3) is 0 Å². The van der Waals surface area contributed by atoms with Crippen molar-refractivity contribution in [2.24, 2.45) is 0 Å². The largest absolute Gasteiger partial charge is 0.497 e. The van der Waals surface area contributed by atoms with Gasteiger partial charge in [0.25, 0.3) is 0 Å². The second-order valence-electron chi connectivity index (χ2n) is 4.44. The molecule has 2 N–H and O–H groups in total. The van der Waals surface area contributed by atoms with Crippen LogP contribution in [-0.2, 0) is 6.42 Å². The Morgan fingerprint density at radius 3 is 3.00 bits per heavy atom. The molecule has 1 aromatic rings. The molecule has 0 radical (unpaired) electrons. The van der Waals surface area contributed by atoms with Gasteiger partial charge in [-0.15, -0.1) is 0 Å². The predicted molar refractivity (Wildman–Crippen MR) is 76.4 cm³/mol. The minimum Gasteiger partial charge on any atom is -0.497 e. The topological polar surface area (TPSA) is 41.5 Å². The van der Waals surface area contributed by atoms with Crippen LogP contribution in [0.2, 0.25) is 0 Å². The number of thioether (sulfide) groups is 1. The molecule has 0 saturated heterocycles. The summed E-state index contributed by atoms with van der Waals surface area (Å²) in [6.07, 6.45) is 1.07. The van der Waals surface area contributed by atoms with Crippen LogP contribution >= 0.6 is 11.8 Å². The number of hydrogen-bond acceptors (Lipinski definition) is 4. The monoisotopic (exact) mass is 267 g/mol. The molecule has 0 spiro atoms. The van der Waals surface area contributed by atoms with Crippen molar-refractivity contribution < 1.29 is 9.84 Å². The molecule has 2 atom stereocenters. The fourth-order valence-electron chi connectivity index (χ4n) is 2.53. The van der Waals surface area contributed by atoms with Crippen LogP contribution in [0.4, 0.5) is 0 Å². The Bertz CT molecular complexity index is 397. The third-order valence-electron chi connectivity index (χ3n) is 3.33. The van der Waals surface area contributed by atoms with Crippen LogP contribution in [0.3, 0.4) is 0 Å². The van der Waals surface area contributed by atoms with E-state index in [1.807, 2.05) is 17.8 Å². The van der Waals surface area contributed by atoms with Crippen molar-refractivity contribution in [2.45, 2.75) is 24.6 Å². The summed E-state index contributed by atoms with van der Waals surface area (Å²) in [5.74, 6) is 1.72. The van der Waals surface area contributed by atoms with Crippen molar-refractivity contribution >= 4 is 11.8 Å². The number of hydrogen-bond donors (Lipinski definition) is 2. The van der Waals surface area contributed by atoms with Crippen molar-refractivity contribution in [1.82, 2.24) is 5.32 Å². The van der Waals surface area contributed by atoms with Gasteiger partial charge in [0.2, 0.25) is 0 Å². The van der Waals surface area contributed by atoms with Gasteiger partial charge in [-0.1, -0.05) is 13.0 Å². The highest BCUT2D eigenvalue weighted by Gasteiger charge is 2.32. The SMILES string of the molecule is CCNC1c2cc(OC)ccc2CC1SCCO. The van der Waals surface area contributed by atoms with E-state index in [-0.39, 0.29) is 6.61 Å². The van der Waals surface area contributed by atoms with Gasteiger partial charge >= 0.3 is 0 Å². The molecule has 100 valence electrons. The van der Waals surface area contributed by atoms with E-state index >= 15 is 0 Å². The van der Waals surface area contributed by atoms with Crippen LogP contribution in [-0.4, -0.2) is 36.4 Å². The van der Waals surface area contributed by atoms with Crippen molar-refractivity contribution in [3.05, 3.63) is 29.3 Å². The predicted octanol–water partition coefficient (Wildman–Crippen LogP) is 2.00. The molecule has 0 heterocycles. The minimum absolute atomic E-state index is 0.250. The Morgan fingerprint density at radius 2 is 2.33 bits per heavy atom. The number of ether oxygens (including phenoxy) is 1. The first-order chi connectivity index (χ1) is 8.80. The number of rotatable bonds is 6. The first kappa shape index (κ1) is 13.7. The van der Waals surface area contributed by atoms with E-state index < -0.39 is 0 Å². The molecule has 3 nitrogen and oxygen atoms in total. The van der Waals surface area contributed by atoms with Crippen molar-refractivity contribution in [3.8, 4) is 5.75 Å². The molecule has 1 aromatic carbocycles. The van der Waals surface area contributed by atoms with E-state index in [0.717, 1.165) is 24.5 Å². The molecule has 1 aliphatic rings. The summed E-state index contributed by atoms with van der Waals surface area (Å²) in [7, 11) is 1.71. The summed E-state index contributed by atoms with van der Waals surface area (Å²) in [5, 5.41) is 13.0. The zero-order valence-electron chi connectivity index (χ0n) is 11.0. The van der Waals surface area contributed by atoms with E-state index in [4.69, 9.17) is 9.84 Å². The number of methoxy groups -OCH3 is 1. The van der Waals surface area contributed by atoms with Crippen LogP contribution in [0.5, 0.6) is 5.75 Å². The normalized spacial score (nSPS) is 21.9. The summed E-state index contributed by atoms with van der Waals surface area (Å²) in [6, 6.07) is 6.71. The van der Waals surface area contributed by atoms with Crippen molar-refractivity contribution in [2.75, 3.05) is 26.0 Å². The third kappa shape index (κ3) is 2.82. The number of nitrogens with one attached hydrogen (secondary N) is 1. The Kier molecular flexibility index (Phi) is 4.92. The second-order valence-corrected chi connectivity index (χ2v) is 5.78. The Hall–Kier alpha value is -0.710. The van der Waals surface area contributed by atoms with Crippen molar-refractivity contribution in [1.29, 1.82) is 0 Å². The average molecular weight is 267 g/mol. The van der Waals surface area contributed by atoms with Crippen LogP contribution in [0.15, 0.2) is 18.2 Å². The molecule has 0 fully saturated rings. The highest BCUT2D eigenvalue weighted by molar-refractivity contribution is 8.00.